The summed E-state index contributed by atoms with van der Waals surface area (Å²) >= 11 is 0. The number of rotatable bonds is 2. The van der Waals surface area contributed by atoms with Crippen LogP contribution in [-0.4, -0.2) is 16.2 Å². The molecule has 1 unspecified atom stereocenters. The maximum absolute atomic E-state index is 11.5. The molecule has 1 aliphatic heterocycles. The number of hydrogen-bond acceptors (Lipinski definition) is 3. The van der Waals surface area contributed by atoms with Gasteiger partial charge in [0.05, 0.1) is 11.6 Å². The summed E-state index contributed by atoms with van der Waals surface area (Å²) < 4.78 is 0. The lowest BCUT2D eigenvalue weighted by Crippen LogP contribution is -2.18. The third-order valence-electron chi connectivity index (χ3n) is 3.68. The van der Waals surface area contributed by atoms with Crippen LogP contribution in [0.4, 0.5) is 5.69 Å². The van der Waals surface area contributed by atoms with E-state index < -0.39 is 5.97 Å². The number of carbonyl (C=O) groups is 1. The van der Waals surface area contributed by atoms with Gasteiger partial charge in [0, 0.05) is 11.3 Å². The van der Waals surface area contributed by atoms with Gasteiger partial charge >= 0.3 is 5.97 Å². The van der Waals surface area contributed by atoms with E-state index in [-0.39, 0.29) is 11.8 Å². The van der Waals surface area contributed by atoms with Crippen LogP contribution < -0.4 is 5.32 Å². The highest BCUT2D eigenvalue weighted by Gasteiger charge is 2.24. The summed E-state index contributed by atoms with van der Waals surface area (Å²) in [6.45, 7) is 1.95. The molecule has 3 rings (SSSR count). The summed E-state index contributed by atoms with van der Waals surface area (Å²) in [5.74, 6) is -0.749. The van der Waals surface area contributed by atoms with Gasteiger partial charge in [-0.1, -0.05) is 30.3 Å². The number of hydrogen-bond donors (Lipinski definition) is 3. The van der Waals surface area contributed by atoms with Crippen LogP contribution in [0.25, 0.3) is 5.57 Å². The molecule has 1 aliphatic rings. The first-order valence-corrected chi connectivity index (χ1v) is 6.67. The van der Waals surface area contributed by atoms with Gasteiger partial charge in [-0.15, -0.1) is 0 Å². The van der Waals surface area contributed by atoms with E-state index in [1.165, 1.54) is 0 Å². The van der Waals surface area contributed by atoms with Crippen LogP contribution in [-0.2, 0) is 4.79 Å². The molecule has 106 valence electrons. The number of nitrogens with one attached hydrogen (secondary N) is 1. The van der Waals surface area contributed by atoms with E-state index in [0.29, 0.717) is 11.1 Å². The van der Waals surface area contributed by atoms with Crippen molar-refractivity contribution in [1.29, 1.82) is 0 Å². The van der Waals surface area contributed by atoms with Gasteiger partial charge in [0.1, 0.15) is 5.75 Å². The number of phenols is 1. The molecule has 0 fully saturated rings. The molecule has 0 amide bonds. The normalized spacial score (nSPS) is 16.6. The van der Waals surface area contributed by atoms with E-state index in [4.69, 9.17) is 0 Å². The highest BCUT2D eigenvalue weighted by Crippen LogP contribution is 2.37. The number of fused-ring (bicyclic) bond motifs is 1. The zero-order chi connectivity index (χ0) is 15.0. The SMILES string of the molecule is Cc1cccc2c1NC(c1ccc(O)cc1)C=C2C(=O)O. The maximum atomic E-state index is 11.5. The summed E-state index contributed by atoms with van der Waals surface area (Å²) in [7, 11) is 0. The van der Waals surface area contributed by atoms with Gasteiger partial charge in [-0.25, -0.2) is 4.79 Å². The molecule has 0 saturated heterocycles. The van der Waals surface area contributed by atoms with Crippen molar-refractivity contribution in [2.45, 2.75) is 13.0 Å². The minimum atomic E-state index is -0.938. The van der Waals surface area contributed by atoms with E-state index in [0.717, 1.165) is 16.8 Å². The Morgan fingerprint density at radius 1 is 1.14 bits per heavy atom. The Morgan fingerprint density at radius 3 is 2.52 bits per heavy atom. The number of carboxylic acids is 1. The molecular formula is C17H15NO3. The molecule has 1 heterocycles. The third-order valence-corrected chi connectivity index (χ3v) is 3.68. The van der Waals surface area contributed by atoms with Crippen molar-refractivity contribution < 1.29 is 15.0 Å². The average molecular weight is 281 g/mol. The molecule has 1 atom stereocenters. The standard InChI is InChI=1S/C17H15NO3/c1-10-3-2-4-13-14(17(20)21)9-15(18-16(10)13)11-5-7-12(19)8-6-11/h2-9,15,18-19H,1H3,(H,20,21). The van der Waals surface area contributed by atoms with Crippen LogP contribution in [0.5, 0.6) is 5.75 Å². The van der Waals surface area contributed by atoms with Crippen LogP contribution in [0, 0.1) is 6.92 Å². The van der Waals surface area contributed by atoms with Crippen molar-refractivity contribution >= 4 is 17.2 Å². The van der Waals surface area contributed by atoms with E-state index in [9.17, 15) is 15.0 Å². The quantitative estimate of drug-likeness (QED) is 0.789. The van der Waals surface area contributed by atoms with E-state index in [1.54, 1.807) is 30.3 Å². The van der Waals surface area contributed by atoms with Gasteiger partial charge in [-0.05, 0) is 36.3 Å². The Morgan fingerprint density at radius 2 is 1.86 bits per heavy atom. The van der Waals surface area contributed by atoms with Gasteiger partial charge < -0.3 is 15.5 Å². The van der Waals surface area contributed by atoms with E-state index >= 15 is 0 Å². The second kappa shape index (κ2) is 4.98. The Labute approximate surface area is 122 Å². The molecule has 0 aromatic heterocycles. The summed E-state index contributed by atoms with van der Waals surface area (Å²) in [4.78, 5) is 11.5. The largest absolute Gasteiger partial charge is 0.508 e. The van der Waals surface area contributed by atoms with Crippen molar-refractivity contribution in [3.05, 3.63) is 65.2 Å². The smallest absolute Gasteiger partial charge is 0.336 e. The zero-order valence-electron chi connectivity index (χ0n) is 11.5. The Hall–Kier alpha value is -2.75. The summed E-state index contributed by atoms with van der Waals surface area (Å²) in [5, 5.41) is 22.2. The van der Waals surface area contributed by atoms with Crippen molar-refractivity contribution in [2.24, 2.45) is 0 Å². The minimum absolute atomic E-state index is 0.188. The third kappa shape index (κ3) is 2.36. The van der Waals surface area contributed by atoms with Gasteiger partial charge in [-0.2, -0.15) is 0 Å². The first-order chi connectivity index (χ1) is 10.1. The van der Waals surface area contributed by atoms with Gasteiger partial charge in [0.25, 0.3) is 0 Å². The van der Waals surface area contributed by atoms with Crippen LogP contribution in [0.15, 0.2) is 48.5 Å². The van der Waals surface area contributed by atoms with E-state index in [1.807, 2.05) is 25.1 Å². The van der Waals surface area contributed by atoms with Crippen molar-refractivity contribution in [3.63, 3.8) is 0 Å². The van der Waals surface area contributed by atoms with Crippen LogP contribution in [0.3, 0.4) is 0 Å². The molecule has 2 aromatic carbocycles. The highest BCUT2D eigenvalue weighted by atomic mass is 16.4. The Balaban J connectivity index is 2.10. The molecule has 0 spiro atoms. The first-order valence-electron chi connectivity index (χ1n) is 6.67. The number of aromatic hydroxyl groups is 1. The number of anilines is 1. The van der Waals surface area contributed by atoms with Crippen LogP contribution >= 0.6 is 0 Å². The van der Waals surface area contributed by atoms with Crippen molar-refractivity contribution in [3.8, 4) is 5.75 Å². The van der Waals surface area contributed by atoms with Gasteiger partial charge in [0.2, 0.25) is 0 Å². The topological polar surface area (TPSA) is 69.6 Å². The lowest BCUT2D eigenvalue weighted by Gasteiger charge is -2.26. The molecule has 0 saturated carbocycles. The second-order valence-electron chi connectivity index (χ2n) is 5.10. The number of aryl methyl sites for hydroxylation is 1. The molecule has 2 aromatic rings. The molecule has 0 radical (unpaired) electrons. The molecular weight excluding hydrogens is 266 g/mol. The summed E-state index contributed by atoms with van der Waals surface area (Å²) in [6, 6.07) is 12.1. The molecule has 21 heavy (non-hydrogen) atoms. The fourth-order valence-electron chi connectivity index (χ4n) is 2.59. The highest BCUT2D eigenvalue weighted by molar-refractivity contribution is 6.18. The van der Waals surface area contributed by atoms with Crippen molar-refractivity contribution in [2.75, 3.05) is 5.32 Å². The van der Waals surface area contributed by atoms with E-state index in [2.05, 4.69) is 5.32 Å². The Kier molecular flexibility index (Phi) is 3.14. The van der Waals surface area contributed by atoms with Crippen LogP contribution in [0.1, 0.15) is 22.7 Å². The van der Waals surface area contributed by atoms with Crippen LogP contribution in [0.2, 0.25) is 0 Å². The lowest BCUT2D eigenvalue weighted by molar-refractivity contribution is -0.130. The Bertz CT molecular complexity index is 732. The van der Waals surface area contributed by atoms with Gasteiger partial charge in [0.15, 0.2) is 0 Å². The molecule has 4 nitrogen and oxygen atoms in total. The van der Waals surface area contributed by atoms with Gasteiger partial charge in [-0.3, -0.25) is 0 Å². The summed E-state index contributed by atoms with van der Waals surface area (Å²) in [5.41, 5.74) is 3.75. The molecule has 0 bridgehead atoms. The number of phenolic OH excluding ortho intramolecular Hbond substituents is 1. The number of aliphatic carboxylic acids is 1. The summed E-state index contributed by atoms with van der Waals surface area (Å²) in [6.07, 6.45) is 1.70. The fraction of sp³-hybridized carbons (Fsp3) is 0.118. The molecule has 3 N–H and O–H groups in total. The maximum Gasteiger partial charge on any atom is 0.336 e. The predicted octanol–water partition coefficient (Wildman–Crippen LogP) is 3.34. The fourth-order valence-corrected chi connectivity index (χ4v) is 2.59. The average Bonchev–Trinajstić information content (AvgIpc) is 2.47. The molecule has 0 aliphatic carbocycles. The predicted molar refractivity (Wildman–Crippen MR) is 81.3 cm³/mol. The minimum Gasteiger partial charge on any atom is -0.508 e. The monoisotopic (exact) mass is 281 g/mol. The van der Waals surface area contributed by atoms with Crippen molar-refractivity contribution in [1.82, 2.24) is 0 Å². The number of para-hydroxylation sites is 1. The zero-order valence-corrected chi connectivity index (χ0v) is 11.5. The number of carboxylic acid groups (broad SMARTS) is 1. The lowest BCUT2D eigenvalue weighted by atomic mass is 9.92. The molecule has 4 heteroatoms. The second-order valence-corrected chi connectivity index (χ2v) is 5.10. The first kappa shape index (κ1) is 13.2. The number of benzene rings is 2.